The Bertz CT molecular complexity index is 865. The molecule has 130 valence electrons. The molecule has 9 heteroatoms. The Balaban J connectivity index is 1.68. The van der Waals surface area contributed by atoms with Crippen LogP contribution in [0.5, 0.6) is 0 Å². The van der Waals surface area contributed by atoms with Crippen LogP contribution >= 0.6 is 11.3 Å². The molecule has 4 amide bonds. The molecule has 0 unspecified atom stereocenters. The van der Waals surface area contributed by atoms with Gasteiger partial charge in [0.15, 0.2) is 5.13 Å². The average molecular weight is 362 g/mol. The number of urea groups is 1. The molecular weight excluding hydrogens is 347 g/mol. The molecule has 1 aromatic heterocycles. The number of hydrogen-bond acceptors (Lipinski definition) is 5. The van der Waals surface area contributed by atoms with Gasteiger partial charge in [0.1, 0.15) is 17.9 Å². The molecular formula is C16H15FN4O3S. The van der Waals surface area contributed by atoms with Crippen molar-refractivity contribution in [3.8, 4) is 11.3 Å². The smallest absolute Gasteiger partial charge is 0.324 e. The molecule has 25 heavy (non-hydrogen) atoms. The van der Waals surface area contributed by atoms with E-state index in [1.54, 1.807) is 37.4 Å². The molecule has 1 fully saturated rings. The number of aromatic nitrogens is 1. The van der Waals surface area contributed by atoms with Crippen molar-refractivity contribution in [2.24, 2.45) is 0 Å². The van der Waals surface area contributed by atoms with Crippen LogP contribution in [0, 0.1) is 5.82 Å². The summed E-state index contributed by atoms with van der Waals surface area (Å²) in [5, 5.41) is 6.89. The van der Waals surface area contributed by atoms with Crippen molar-refractivity contribution in [2.75, 3.05) is 11.9 Å². The molecule has 1 aromatic carbocycles. The quantitative estimate of drug-likeness (QED) is 0.816. The van der Waals surface area contributed by atoms with E-state index in [0.29, 0.717) is 11.3 Å². The summed E-state index contributed by atoms with van der Waals surface area (Å²) in [7, 11) is 0. The zero-order valence-corrected chi connectivity index (χ0v) is 14.3. The van der Waals surface area contributed by atoms with E-state index in [1.807, 2.05) is 0 Å². The molecule has 0 saturated carbocycles. The summed E-state index contributed by atoms with van der Waals surface area (Å²) in [5.74, 6) is -1.44. The summed E-state index contributed by atoms with van der Waals surface area (Å²) < 4.78 is 13.8. The molecule has 7 nitrogen and oxygen atoms in total. The van der Waals surface area contributed by atoms with E-state index in [0.717, 1.165) is 16.2 Å². The van der Waals surface area contributed by atoms with Gasteiger partial charge in [-0.05, 0) is 26.0 Å². The fourth-order valence-electron chi connectivity index (χ4n) is 2.39. The number of carbonyl (C=O) groups excluding carboxylic acids is 3. The molecule has 0 aliphatic carbocycles. The lowest BCUT2D eigenvalue weighted by Crippen LogP contribution is -2.41. The Kier molecular flexibility index (Phi) is 4.25. The molecule has 2 aromatic rings. The van der Waals surface area contributed by atoms with Crippen LogP contribution < -0.4 is 10.6 Å². The summed E-state index contributed by atoms with van der Waals surface area (Å²) in [6.07, 6.45) is 0. The molecule has 2 N–H and O–H groups in total. The number of rotatable bonds is 4. The molecule has 1 aliphatic heterocycles. The number of imide groups is 1. The number of halogens is 1. The first kappa shape index (κ1) is 17.0. The number of carbonyl (C=O) groups is 3. The number of hydrogen-bond donors (Lipinski definition) is 2. The summed E-state index contributed by atoms with van der Waals surface area (Å²) in [5.41, 5.74) is -0.305. The first-order chi connectivity index (χ1) is 11.8. The zero-order chi connectivity index (χ0) is 18.2. The van der Waals surface area contributed by atoms with E-state index in [1.165, 1.54) is 6.07 Å². The Morgan fingerprint density at radius 2 is 2.08 bits per heavy atom. The predicted molar refractivity (Wildman–Crippen MR) is 90.5 cm³/mol. The number of anilines is 1. The maximum Gasteiger partial charge on any atom is 0.325 e. The summed E-state index contributed by atoms with van der Waals surface area (Å²) >= 11 is 1.13. The van der Waals surface area contributed by atoms with Crippen LogP contribution in [0.15, 0.2) is 29.6 Å². The molecule has 0 radical (unpaired) electrons. The topological polar surface area (TPSA) is 91.4 Å². The van der Waals surface area contributed by atoms with E-state index in [-0.39, 0.29) is 5.13 Å². The lowest BCUT2D eigenvalue weighted by atomic mass is 10.1. The molecule has 1 aliphatic rings. The summed E-state index contributed by atoms with van der Waals surface area (Å²) in [6.45, 7) is 2.71. The van der Waals surface area contributed by atoms with Crippen LogP contribution in [-0.4, -0.2) is 39.8 Å². The fraction of sp³-hybridized carbons (Fsp3) is 0.250. The van der Waals surface area contributed by atoms with Crippen molar-refractivity contribution >= 4 is 34.3 Å². The number of thiazole rings is 1. The standard InChI is InChI=1S/C16H15FN4O3S/c1-16(2)13(23)21(15(24)20-16)7-12(22)19-14-18-11(8-25-14)9-5-3-4-6-10(9)17/h3-6,8H,7H2,1-2H3,(H,20,24)(H,18,19,22). The lowest BCUT2D eigenvalue weighted by molar-refractivity contribution is -0.132. The third kappa shape index (κ3) is 3.36. The minimum atomic E-state index is -1.03. The van der Waals surface area contributed by atoms with Crippen molar-refractivity contribution in [3.63, 3.8) is 0 Å². The maximum atomic E-state index is 13.8. The van der Waals surface area contributed by atoms with Crippen LogP contribution in [0.3, 0.4) is 0 Å². The maximum absolute atomic E-state index is 13.8. The summed E-state index contributed by atoms with van der Waals surface area (Å²) in [4.78, 5) is 40.9. The summed E-state index contributed by atoms with van der Waals surface area (Å²) in [6, 6.07) is 5.57. The Labute approximate surface area is 146 Å². The highest BCUT2D eigenvalue weighted by molar-refractivity contribution is 7.14. The van der Waals surface area contributed by atoms with Crippen LogP contribution in [0.4, 0.5) is 14.3 Å². The van der Waals surface area contributed by atoms with Crippen LogP contribution in [0.2, 0.25) is 0 Å². The van der Waals surface area contributed by atoms with Gasteiger partial charge in [-0.2, -0.15) is 0 Å². The first-order valence-electron chi connectivity index (χ1n) is 7.42. The average Bonchev–Trinajstić information content (AvgIpc) is 3.06. The second-order valence-electron chi connectivity index (χ2n) is 6.01. The van der Waals surface area contributed by atoms with Gasteiger partial charge in [-0.15, -0.1) is 11.3 Å². The number of nitrogens with one attached hydrogen (secondary N) is 2. The van der Waals surface area contributed by atoms with Crippen LogP contribution in [-0.2, 0) is 9.59 Å². The third-order valence-electron chi connectivity index (χ3n) is 3.65. The SMILES string of the molecule is CC1(C)NC(=O)N(CC(=O)Nc2nc(-c3ccccc3F)cs2)C1=O. The van der Waals surface area contributed by atoms with E-state index >= 15 is 0 Å². The lowest BCUT2D eigenvalue weighted by Gasteiger charge is -2.15. The highest BCUT2D eigenvalue weighted by Gasteiger charge is 2.44. The monoisotopic (exact) mass is 362 g/mol. The molecule has 0 bridgehead atoms. The number of amides is 4. The Morgan fingerprint density at radius 3 is 2.72 bits per heavy atom. The minimum Gasteiger partial charge on any atom is -0.324 e. The normalized spacial score (nSPS) is 16.0. The Morgan fingerprint density at radius 1 is 1.36 bits per heavy atom. The number of nitrogens with zero attached hydrogens (tertiary/aromatic N) is 2. The van der Waals surface area contributed by atoms with Crippen molar-refractivity contribution < 1.29 is 18.8 Å². The van der Waals surface area contributed by atoms with Gasteiger partial charge in [0.2, 0.25) is 5.91 Å². The molecule has 2 heterocycles. The number of benzene rings is 1. The highest BCUT2D eigenvalue weighted by atomic mass is 32.1. The zero-order valence-electron chi connectivity index (χ0n) is 13.5. The van der Waals surface area contributed by atoms with Gasteiger partial charge in [0, 0.05) is 10.9 Å². The highest BCUT2D eigenvalue weighted by Crippen LogP contribution is 2.27. The molecule has 3 rings (SSSR count). The fourth-order valence-corrected chi connectivity index (χ4v) is 3.11. The van der Waals surface area contributed by atoms with Gasteiger partial charge in [-0.25, -0.2) is 14.2 Å². The van der Waals surface area contributed by atoms with Crippen molar-refractivity contribution in [2.45, 2.75) is 19.4 Å². The first-order valence-corrected chi connectivity index (χ1v) is 8.30. The molecule has 1 saturated heterocycles. The van der Waals surface area contributed by atoms with Crippen LogP contribution in [0.25, 0.3) is 11.3 Å². The van der Waals surface area contributed by atoms with E-state index in [2.05, 4.69) is 15.6 Å². The van der Waals surface area contributed by atoms with Gasteiger partial charge in [-0.3, -0.25) is 14.5 Å². The second-order valence-corrected chi connectivity index (χ2v) is 6.87. The van der Waals surface area contributed by atoms with E-state index in [9.17, 15) is 18.8 Å². The van der Waals surface area contributed by atoms with Gasteiger partial charge in [0.05, 0.1) is 5.69 Å². The molecule has 0 spiro atoms. The van der Waals surface area contributed by atoms with Crippen molar-refractivity contribution in [3.05, 3.63) is 35.5 Å². The third-order valence-corrected chi connectivity index (χ3v) is 4.40. The van der Waals surface area contributed by atoms with Crippen molar-refractivity contribution in [1.29, 1.82) is 0 Å². The molecule has 0 atom stereocenters. The van der Waals surface area contributed by atoms with Crippen molar-refractivity contribution in [1.82, 2.24) is 15.2 Å². The van der Waals surface area contributed by atoms with Gasteiger partial charge < -0.3 is 10.6 Å². The van der Waals surface area contributed by atoms with Crippen LogP contribution in [0.1, 0.15) is 13.8 Å². The second kappa shape index (κ2) is 6.25. The minimum absolute atomic E-state index is 0.259. The predicted octanol–water partition coefficient (Wildman–Crippen LogP) is 2.22. The van der Waals surface area contributed by atoms with Gasteiger partial charge in [-0.1, -0.05) is 12.1 Å². The van der Waals surface area contributed by atoms with E-state index in [4.69, 9.17) is 0 Å². The Hall–Kier alpha value is -2.81. The van der Waals surface area contributed by atoms with E-state index < -0.39 is 35.7 Å². The largest absolute Gasteiger partial charge is 0.325 e. The van der Waals surface area contributed by atoms with Gasteiger partial charge in [0.25, 0.3) is 5.91 Å². The van der Waals surface area contributed by atoms with Gasteiger partial charge >= 0.3 is 6.03 Å².